The molecule has 0 spiro atoms. The van der Waals surface area contributed by atoms with Crippen molar-refractivity contribution in [2.24, 2.45) is 0 Å². The molecule has 0 unspecified atom stereocenters. The second-order valence-corrected chi connectivity index (χ2v) is 11.5. The number of para-hydroxylation sites is 1. The van der Waals surface area contributed by atoms with Gasteiger partial charge in [0.25, 0.3) is 0 Å². The number of pyridine rings is 1. The normalized spacial score (nSPS) is 12.7. The summed E-state index contributed by atoms with van der Waals surface area (Å²) in [5.41, 5.74) is 1.47. The smallest absolute Gasteiger partial charge is 0.246 e. The van der Waals surface area contributed by atoms with Crippen LogP contribution in [0.1, 0.15) is 37.5 Å². The van der Waals surface area contributed by atoms with Gasteiger partial charge in [-0.2, -0.15) is 5.26 Å². The fourth-order valence-electron chi connectivity index (χ4n) is 4.45. The molecule has 0 saturated carbocycles. The Bertz CT molecular complexity index is 1660. The molecule has 4 rings (SSSR count). The molecule has 0 amide bonds. The van der Waals surface area contributed by atoms with Crippen molar-refractivity contribution in [3.8, 4) is 40.7 Å². The highest BCUT2D eigenvalue weighted by molar-refractivity contribution is 7.93. The fraction of sp³-hybridized carbons (Fsp3) is 0.310. The molecule has 0 aliphatic carbocycles. The first-order valence-electron chi connectivity index (χ1n) is 13.1. The molecule has 0 fully saturated rings. The highest BCUT2D eigenvalue weighted by Gasteiger charge is 2.38. The minimum absolute atomic E-state index is 0.0356. The zero-order valence-electron chi connectivity index (χ0n) is 23.9. The predicted octanol–water partition coefficient (Wildman–Crippen LogP) is 3.90. The number of sulfonamides is 1. The quantitative estimate of drug-likeness (QED) is 0.256. The minimum atomic E-state index is -4.26. The maximum absolute atomic E-state index is 14.2. The van der Waals surface area contributed by atoms with Gasteiger partial charge in [0.15, 0.2) is 5.82 Å². The van der Waals surface area contributed by atoms with Crippen molar-refractivity contribution in [2.45, 2.75) is 31.6 Å². The predicted molar refractivity (Wildman–Crippen MR) is 156 cm³/mol. The van der Waals surface area contributed by atoms with Crippen LogP contribution < -0.4 is 18.5 Å². The average molecular weight is 593 g/mol. The van der Waals surface area contributed by atoms with Gasteiger partial charge < -0.3 is 19.3 Å². The lowest BCUT2D eigenvalue weighted by molar-refractivity contribution is 0.176. The summed E-state index contributed by atoms with van der Waals surface area (Å²) in [4.78, 5) is 4.50. The third-order valence-electron chi connectivity index (χ3n) is 6.69. The van der Waals surface area contributed by atoms with Crippen molar-refractivity contribution in [2.75, 3.05) is 32.2 Å². The molecular weight excluding hydrogens is 560 g/mol. The molecule has 13 heteroatoms. The number of nitriles is 1. The number of hydrogen-bond donors (Lipinski definition) is 1. The number of nitrogens with zero attached hydrogens (tertiary/aromatic N) is 6. The zero-order valence-corrected chi connectivity index (χ0v) is 24.7. The number of ether oxygens (including phenoxy) is 3. The van der Waals surface area contributed by atoms with Crippen LogP contribution in [0.3, 0.4) is 0 Å². The summed E-state index contributed by atoms with van der Waals surface area (Å²) in [5, 5.41) is 27.7. The highest BCUT2D eigenvalue weighted by Crippen LogP contribution is 2.39. The molecule has 1 N–H and O–H groups in total. The lowest BCUT2D eigenvalue weighted by Gasteiger charge is -2.29. The number of aliphatic hydroxyl groups excluding tert-OH is 1. The SMILES string of the molecule is CCCN(c1nnc(-c2cccc(OC)n2)n1-c1c(OC)cccc1OC)S(=O)(=O)[C@@H](C)[C@@H](O)c1ccc(C#N)cc1. The topological polar surface area (TPSA) is 153 Å². The molecule has 2 atom stereocenters. The van der Waals surface area contributed by atoms with Gasteiger partial charge in [0.05, 0.1) is 39.1 Å². The van der Waals surface area contributed by atoms with Crippen molar-refractivity contribution in [3.63, 3.8) is 0 Å². The van der Waals surface area contributed by atoms with Gasteiger partial charge in [0.1, 0.15) is 28.1 Å². The van der Waals surface area contributed by atoms with Gasteiger partial charge in [-0.3, -0.25) is 4.57 Å². The summed E-state index contributed by atoms with van der Waals surface area (Å²) in [7, 11) is 0.202. The molecule has 0 saturated heterocycles. The van der Waals surface area contributed by atoms with E-state index in [0.717, 1.165) is 4.31 Å². The van der Waals surface area contributed by atoms with E-state index in [0.29, 0.717) is 46.3 Å². The van der Waals surface area contributed by atoms with Crippen molar-refractivity contribution < 1.29 is 27.7 Å². The molecule has 2 aromatic heterocycles. The Balaban J connectivity index is 1.94. The van der Waals surface area contributed by atoms with Crippen molar-refractivity contribution in [3.05, 3.63) is 71.8 Å². The first kappa shape index (κ1) is 30.3. The molecule has 0 aliphatic rings. The molecular formula is C29H32N6O6S. The van der Waals surface area contributed by atoms with Gasteiger partial charge in [-0.25, -0.2) is 17.7 Å². The van der Waals surface area contributed by atoms with E-state index in [4.69, 9.17) is 19.5 Å². The standard InChI is InChI=1S/C29H32N6O6S/c1-6-17-34(42(37,38)19(2)27(36)21-15-13-20(18-30)14-16-21)29-33-32-28(22-9-7-12-25(31-22)41-5)35(29)26-23(39-3)10-8-11-24(26)40-4/h7-16,19,27,36H,6,17H2,1-5H3/t19-,27+/m0/s1. The lowest BCUT2D eigenvalue weighted by Crippen LogP contribution is -2.42. The summed E-state index contributed by atoms with van der Waals surface area (Å²) in [6.07, 6.45) is -0.958. The van der Waals surface area contributed by atoms with E-state index in [9.17, 15) is 13.5 Å². The first-order valence-corrected chi connectivity index (χ1v) is 14.6. The van der Waals surface area contributed by atoms with Gasteiger partial charge >= 0.3 is 0 Å². The zero-order chi connectivity index (χ0) is 30.4. The van der Waals surface area contributed by atoms with E-state index in [2.05, 4.69) is 15.2 Å². The minimum Gasteiger partial charge on any atom is -0.494 e. The third kappa shape index (κ3) is 5.72. The van der Waals surface area contributed by atoms with E-state index in [1.165, 1.54) is 57.1 Å². The van der Waals surface area contributed by atoms with Crippen molar-refractivity contribution >= 4 is 16.0 Å². The molecule has 2 aromatic carbocycles. The van der Waals surface area contributed by atoms with Crippen LogP contribution in [0.4, 0.5) is 5.95 Å². The number of aliphatic hydroxyl groups is 1. The van der Waals surface area contributed by atoms with Crippen LogP contribution >= 0.6 is 0 Å². The highest BCUT2D eigenvalue weighted by atomic mass is 32.2. The lowest BCUT2D eigenvalue weighted by atomic mass is 10.1. The van der Waals surface area contributed by atoms with E-state index >= 15 is 0 Å². The maximum Gasteiger partial charge on any atom is 0.246 e. The van der Waals surface area contributed by atoms with Crippen molar-refractivity contribution in [1.29, 1.82) is 5.26 Å². The Kier molecular flexibility index (Phi) is 9.29. The van der Waals surface area contributed by atoms with Crippen LogP contribution in [-0.4, -0.2) is 66.4 Å². The Labute approximate surface area is 244 Å². The molecule has 2 heterocycles. The number of rotatable bonds is 12. The monoisotopic (exact) mass is 592 g/mol. The van der Waals surface area contributed by atoms with Gasteiger partial charge in [0.2, 0.25) is 21.9 Å². The molecule has 220 valence electrons. The van der Waals surface area contributed by atoms with Crippen LogP contribution in [-0.2, 0) is 10.0 Å². The van der Waals surface area contributed by atoms with Crippen LogP contribution in [0, 0.1) is 11.3 Å². The number of benzene rings is 2. The largest absolute Gasteiger partial charge is 0.494 e. The molecule has 0 aliphatic heterocycles. The summed E-state index contributed by atoms with van der Waals surface area (Å²) in [6, 6.07) is 18.4. The van der Waals surface area contributed by atoms with Crippen LogP contribution in [0.2, 0.25) is 0 Å². The molecule has 42 heavy (non-hydrogen) atoms. The van der Waals surface area contributed by atoms with Gasteiger partial charge in [-0.1, -0.05) is 31.2 Å². The molecule has 0 bridgehead atoms. The van der Waals surface area contributed by atoms with Gasteiger partial charge in [-0.15, -0.1) is 10.2 Å². The number of anilines is 1. The van der Waals surface area contributed by atoms with Crippen LogP contribution in [0.15, 0.2) is 60.7 Å². The van der Waals surface area contributed by atoms with Crippen LogP contribution in [0.25, 0.3) is 17.2 Å². The molecule has 12 nitrogen and oxygen atoms in total. The summed E-state index contributed by atoms with van der Waals surface area (Å²) >= 11 is 0. The van der Waals surface area contributed by atoms with Gasteiger partial charge in [-0.05, 0) is 49.2 Å². The maximum atomic E-state index is 14.2. The first-order chi connectivity index (χ1) is 20.2. The Morgan fingerprint density at radius 1 is 0.976 bits per heavy atom. The Morgan fingerprint density at radius 2 is 1.62 bits per heavy atom. The summed E-state index contributed by atoms with van der Waals surface area (Å²) in [5.74, 6) is 1.24. The van der Waals surface area contributed by atoms with E-state index in [1.54, 1.807) is 36.4 Å². The van der Waals surface area contributed by atoms with Gasteiger partial charge in [0, 0.05) is 12.6 Å². The second-order valence-electron chi connectivity index (χ2n) is 9.24. The summed E-state index contributed by atoms with van der Waals surface area (Å²) < 4.78 is 47.7. The second kappa shape index (κ2) is 12.9. The fourth-order valence-corrected chi connectivity index (χ4v) is 6.12. The Hall–Kier alpha value is -4.67. The molecule has 0 radical (unpaired) electrons. The van der Waals surface area contributed by atoms with Crippen LogP contribution in [0.5, 0.6) is 17.4 Å². The average Bonchev–Trinajstić information content (AvgIpc) is 3.46. The number of hydrogen-bond acceptors (Lipinski definition) is 10. The third-order valence-corrected chi connectivity index (χ3v) is 8.84. The van der Waals surface area contributed by atoms with Crippen molar-refractivity contribution in [1.82, 2.24) is 19.7 Å². The van der Waals surface area contributed by atoms with E-state index < -0.39 is 21.4 Å². The number of methoxy groups -OCH3 is 3. The number of aromatic nitrogens is 4. The van der Waals surface area contributed by atoms with E-state index in [-0.39, 0.29) is 18.3 Å². The Morgan fingerprint density at radius 3 is 2.19 bits per heavy atom. The summed E-state index contributed by atoms with van der Waals surface area (Å²) in [6.45, 7) is 3.29. The molecule has 4 aromatic rings. The van der Waals surface area contributed by atoms with E-state index in [1.807, 2.05) is 13.0 Å².